The van der Waals surface area contributed by atoms with Crippen molar-refractivity contribution in [3.8, 4) is 5.75 Å². The van der Waals surface area contributed by atoms with Crippen molar-refractivity contribution in [3.63, 3.8) is 0 Å². The number of nitrogens with one attached hydrogen (secondary N) is 1. The molecule has 2 heterocycles. The number of nitrogens with zero attached hydrogens (tertiary/aromatic N) is 3. The highest BCUT2D eigenvalue weighted by atomic mass is 16.5. The Balaban J connectivity index is 1.79. The first kappa shape index (κ1) is 18.7. The number of carbonyl (C=O) groups excluding carboxylic acids is 1. The second-order valence-electron chi connectivity index (χ2n) is 6.42. The normalized spacial score (nSPS) is 11.0. The Morgan fingerprint density at radius 1 is 1.19 bits per heavy atom. The van der Waals surface area contributed by atoms with Crippen LogP contribution in [0.4, 0.5) is 0 Å². The molecule has 7 nitrogen and oxygen atoms in total. The second kappa shape index (κ2) is 7.65. The monoisotopic (exact) mass is 368 g/mol. The summed E-state index contributed by atoms with van der Waals surface area (Å²) in [6.07, 6.45) is 1.73. The summed E-state index contributed by atoms with van der Waals surface area (Å²) < 4.78 is 8.57. The number of ether oxygens (including phenoxy) is 1. The van der Waals surface area contributed by atoms with Gasteiger partial charge in [-0.3, -0.25) is 18.9 Å². The van der Waals surface area contributed by atoms with Crippen LogP contribution in [-0.2, 0) is 24.4 Å². The molecule has 7 heteroatoms. The Kier molecular flexibility index (Phi) is 5.30. The van der Waals surface area contributed by atoms with E-state index in [2.05, 4.69) is 10.3 Å². The molecule has 0 fully saturated rings. The van der Waals surface area contributed by atoms with Crippen LogP contribution in [0.15, 0.2) is 35.3 Å². The number of rotatable bonds is 6. The van der Waals surface area contributed by atoms with E-state index < -0.39 is 0 Å². The summed E-state index contributed by atoms with van der Waals surface area (Å²) in [5.74, 6) is 0.535. The molecule has 1 aromatic carbocycles. The smallest absolute Gasteiger partial charge is 0.329 e. The quantitative estimate of drug-likeness (QED) is 0.723. The van der Waals surface area contributed by atoms with Gasteiger partial charge >= 0.3 is 5.69 Å². The highest BCUT2D eigenvalue weighted by Gasteiger charge is 2.15. The van der Waals surface area contributed by atoms with Gasteiger partial charge in [0.25, 0.3) is 0 Å². The van der Waals surface area contributed by atoms with E-state index in [1.54, 1.807) is 17.9 Å². The van der Waals surface area contributed by atoms with Gasteiger partial charge in [0.2, 0.25) is 5.91 Å². The third-order valence-electron chi connectivity index (χ3n) is 4.75. The van der Waals surface area contributed by atoms with Crippen LogP contribution >= 0.6 is 0 Å². The van der Waals surface area contributed by atoms with Gasteiger partial charge in [-0.2, -0.15) is 0 Å². The number of methoxy groups -OCH3 is 1. The number of aromatic nitrogens is 3. The molecular formula is C20H24N4O3. The second-order valence-corrected chi connectivity index (χ2v) is 6.42. The first-order valence-corrected chi connectivity index (χ1v) is 8.91. The fraction of sp³-hybridized carbons (Fsp3) is 0.350. The van der Waals surface area contributed by atoms with E-state index in [0.717, 1.165) is 33.6 Å². The van der Waals surface area contributed by atoms with E-state index in [1.165, 1.54) is 4.57 Å². The summed E-state index contributed by atoms with van der Waals surface area (Å²) in [7, 11) is 1.62. The van der Waals surface area contributed by atoms with E-state index in [0.29, 0.717) is 6.54 Å². The van der Waals surface area contributed by atoms with Gasteiger partial charge in [0.05, 0.1) is 30.4 Å². The van der Waals surface area contributed by atoms with Crippen molar-refractivity contribution in [2.75, 3.05) is 7.11 Å². The van der Waals surface area contributed by atoms with Gasteiger partial charge in [-0.15, -0.1) is 0 Å². The zero-order valence-corrected chi connectivity index (χ0v) is 16.1. The molecule has 0 bridgehead atoms. The molecule has 1 amide bonds. The SMILES string of the molecule is CCn1c(=O)n(CC(=O)NCc2ncc(C)c(OC)c2C)c2ccccc21. The van der Waals surface area contributed by atoms with E-state index in [-0.39, 0.29) is 24.7 Å². The molecule has 3 aromatic rings. The molecule has 0 saturated heterocycles. The van der Waals surface area contributed by atoms with Gasteiger partial charge in [0.1, 0.15) is 12.3 Å². The van der Waals surface area contributed by atoms with Gasteiger partial charge < -0.3 is 10.1 Å². The minimum absolute atomic E-state index is 0.0333. The molecule has 27 heavy (non-hydrogen) atoms. The standard InChI is InChI=1S/C20H24N4O3/c1-5-23-16-8-6-7-9-17(16)24(20(23)26)12-18(25)22-11-15-14(3)19(27-4)13(2)10-21-15/h6-10H,5,11-12H2,1-4H3,(H,22,25). The number of fused-ring (bicyclic) bond motifs is 1. The lowest BCUT2D eigenvalue weighted by atomic mass is 10.1. The molecule has 0 aliphatic heterocycles. The zero-order chi connectivity index (χ0) is 19.6. The van der Waals surface area contributed by atoms with Gasteiger partial charge in [0.15, 0.2) is 0 Å². The van der Waals surface area contributed by atoms with E-state index >= 15 is 0 Å². The molecule has 1 N–H and O–H groups in total. The minimum atomic E-state index is -0.239. The largest absolute Gasteiger partial charge is 0.496 e. The van der Waals surface area contributed by atoms with Crippen LogP contribution in [0.25, 0.3) is 11.0 Å². The van der Waals surface area contributed by atoms with Crippen LogP contribution < -0.4 is 15.7 Å². The summed E-state index contributed by atoms with van der Waals surface area (Å²) in [6, 6.07) is 7.49. The van der Waals surface area contributed by atoms with Crippen LogP contribution in [0, 0.1) is 13.8 Å². The van der Waals surface area contributed by atoms with Crippen LogP contribution in [0.2, 0.25) is 0 Å². The molecule has 0 saturated carbocycles. The summed E-state index contributed by atoms with van der Waals surface area (Å²) in [5.41, 5.74) is 4.00. The Morgan fingerprint density at radius 2 is 1.85 bits per heavy atom. The van der Waals surface area contributed by atoms with Crippen LogP contribution in [-0.4, -0.2) is 27.1 Å². The first-order chi connectivity index (χ1) is 13.0. The number of pyridine rings is 1. The van der Waals surface area contributed by atoms with E-state index in [4.69, 9.17) is 4.74 Å². The van der Waals surface area contributed by atoms with Crippen molar-refractivity contribution in [1.29, 1.82) is 0 Å². The van der Waals surface area contributed by atoms with Crippen molar-refractivity contribution < 1.29 is 9.53 Å². The molecule has 0 spiro atoms. The average Bonchev–Trinajstić information content (AvgIpc) is 2.93. The zero-order valence-electron chi connectivity index (χ0n) is 16.1. The van der Waals surface area contributed by atoms with Gasteiger partial charge in [-0.05, 0) is 32.9 Å². The highest BCUT2D eigenvalue weighted by Crippen LogP contribution is 2.23. The molecule has 0 unspecified atom stereocenters. The van der Waals surface area contributed by atoms with Gasteiger partial charge in [-0.25, -0.2) is 4.79 Å². The summed E-state index contributed by atoms with van der Waals surface area (Å²) in [4.78, 5) is 29.5. The van der Waals surface area contributed by atoms with Gasteiger partial charge in [-0.1, -0.05) is 12.1 Å². The third kappa shape index (κ3) is 3.45. The maximum absolute atomic E-state index is 12.6. The first-order valence-electron chi connectivity index (χ1n) is 8.91. The van der Waals surface area contributed by atoms with Crippen molar-refractivity contribution >= 4 is 16.9 Å². The molecule has 0 aliphatic rings. The van der Waals surface area contributed by atoms with E-state index in [1.807, 2.05) is 45.0 Å². The van der Waals surface area contributed by atoms with Crippen molar-refractivity contribution in [2.24, 2.45) is 0 Å². The molecule has 142 valence electrons. The Labute approximate surface area is 157 Å². The number of hydrogen-bond donors (Lipinski definition) is 1. The number of hydrogen-bond acceptors (Lipinski definition) is 4. The lowest BCUT2D eigenvalue weighted by Crippen LogP contribution is -2.33. The fourth-order valence-corrected chi connectivity index (χ4v) is 3.36. The van der Waals surface area contributed by atoms with Gasteiger partial charge in [0, 0.05) is 23.9 Å². The summed E-state index contributed by atoms with van der Waals surface area (Å²) >= 11 is 0. The number of amides is 1. The predicted molar refractivity (Wildman–Crippen MR) is 104 cm³/mol. The molecular weight excluding hydrogens is 344 g/mol. The van der Waals surface area contributed by atoms with Crippen molar-refractivity contribution in [3.05, 3.63) is 57.8 Å². The maximum Gasteiger partial charge on any atom is 0.329 e. The topological polar surface area (TPSA) is 78.2 Å². The molecule has 3 rings (SSSR count). The Morgan fingerprint density at radius 3 is 2.48 bits per heavy atom. The molecule has 0 atom stereocenters. The fourth-order valence-electron chi connectivity index (χ4n) is 3.36. The number of carbonyl (C=O) groups is 1. The highest BCUT2D eigenvalue weighted by molar-refractivity contribution is 5.80. The predicted octanol–water partition coefficient (Wildman–Crippen LogP) is 2.16. The summed E-state index contributed by atoms with van der Waals surface area (Å²) in [5, 5.41) is 2.85. The minimum Gasteiger partial charge on any atom is -0.496 e. The lowest BCUT2D eigenvalue weighted by Gasteiger charge is -2.13. The Bertz CT molecular complexity index is 1050. The number of imidazole rings is 1. The van der Waals surface area contributed by atoms with Crippen LogP contribution in [0.5, 0.6) is 5.75 Å². The van der Waals surface area contributed by atoms with Crippen molar-refractivity contribution in [2.45, 2.75) is 40.4 Å². The molecule has 0 radical (unpaired) electrons. The average molecular weight is 368 g/mol. The van der Waals surface area contributed by atoms with E-state index in [9.17, 15) is 9.59 Å². The summed E-state index contributed by atoms with van der Waals surface area (Å²) in [6.45, 7) is 6.56. The third-order valence-corrected chi connectivity index (χ3v) is 4.75. The Hall–Kier alpha value is -3.09. The molecule has 0 aliphatic carbocycles. The number of para-hydroxylation sites is 2. The molecule has 2 aromatic heterocycles. The number of aryl methyl sites for hydroxylation is 2. The van der Waals surface area contributed by atoms with Crippen molar-refractivity contribution in [1.82, 2.24) is 19.4 Å². The van der Waals surface area contributed by atoms with Crippen LogP contribution in [0.1, 0.15) is 23.7 Å². The maximum atomic E-state index is 12.6. The lowest BCUT2D eigenvalue weighted by molar-refractivity contribution is -0.121. The number of benzene rings is 1. The van der Waals surface area contributed by atoms with Crippen LogP contribution in [0.3, 0.4) is 0 Å².